The molecule has 2 rings (SSSR count). The summed E-state index contributed by atoms with van der Waals surface area (Å²) in [6, 6.07) is 0.423. The second kappa shape index (κ2) is 4.95. The number of fused-ring (bicyclic) bond motifs is 1. The highest BCUT2D eigenvalue weighted by atomic mass is 32.1. The fourth-order valence-corrected chi connectivity index (χ4v) is 2.43. The molecule has 2 aromatic heterocycles. The van der Waals surface area contributed by atoms with Crippen molar-refractivity contribution < 1.29 is 5.11 Å². The van der Waals surface area contributed by atoms with Crippen molar-refractivity contribution in [2.75, 3.05) is 13.2 Å². The summed E-state index contributed by atoms with van der Waals surface area (Å²) in [5, 5.41) is 11.0. The van der Waals surface area contributed by atoms with Gasteiger partial charge in [0, 0.05) is 36.9 Å². The highest BCUT2D eigenvalue weighted by molar-refractivity contribution is 7.15. The van der Waals surface area contributed by atoms with Crippen molar-refractivity contribution >= 4 is 16.3 Å². The Kier molecular flexibility index (Phi) is 3.58. The summed E-state index contributed by atoms with van der Waals surface area (Å²) in [4.78, 5) is 7.78. The van der Waals surface area contributed by atoms with Crippen LogP contribution in [0.3, 0.4) is 0 Å². The molecule has 0 aromatic carbocycles. The van der Waals surface area contributed by atoms with Gasteiger partial charge in [-0.2, -0.15) is 0 Å². The molecule has 0 aliphatic rings. The van der Waals surface area contributed by atoms with E-state index in [1.165, 1.54) is 0 Å². The first kappa shape index (κ1) is 11.6. The number of aliphatic hydroxyl groups is 1. The van der Waals surface area contributed by atoms with Crippen LogP contribution in [0.2, 0.25) is 0 Å². The summed E-state index contributed by atoms with van der Waals surface area (Å²) >= 11 is 1.64. The lowest BCUT2D eigenvalue weighted by atomic mass is 10.3. The SMILES string of the molecule is CC(C)N(CCO)Cc1cn2ccsc2n1. The summed E-state index contributed by atoms with van der Waals surface area (Å²) in [5.41, 5.74) is 1.06. The molecule has 0 radical (unpaired) electrons. The van der Waals surface area contributed by atoms with Crippen LogP contribution in [-0.4, -0.2) is 38.6 Å². The zero-order valence-electron chi connectivity index (χ0n) is 9.63. The van der Waals surface area contributed by atoms with Crippen molar-refractivity contribution in [3.63, 3.8) is 0 Å². The van der Waals surface area contributed by atoms with Gasteiger partial charge in [0.2, 0.25) is 0 Å². The molecule has 88 valence electrons. The predicted molar refractivity (Wildman–Crippen MR) is 65.7 cm³/mol. The van der Waals surface area contributed by atoms with E-state index in [1.807, 2.05) is 16.0 Å². The standard InChI is InChI=1S/C11H17N3OS/c1-9(2)13(3-5-15)7-10-8-14-4-6-16-11(14)12-10/h4,6,8-9,15H,3,5,7H2,1-2H3. The number of hydrogen-bond donors (Lipinski definition) is 1. The number of imidazole rings is 1. The Balaban J connectivity index is 2.10. The van der Waals surface area contributed by atoms with Crippen LogP contribution in [0.15, 0.2) is 17.8 Å². The first-order chi connectivity index (χ1) is 7.70. The van der Waals surface area contributed by atoms with Crippen LogP contribution >= 0.6 is 11.3 Å². The number of aromatic nitrogens is 2. The molecule has 2 aromatic rings. The van der Waals surface area contributed by atoms with Crippen LogP contribution in [0, 0.1) is 0 Å². The molecular weight excluding hydrogens is 222 g/mol. The third kappa shape index (κ3) is 2.42. The summed E-state index contributed by atoms with van der Waals surface area (Å²) in [5.74, 6) is 0. The van der Waals surface area contributed by atoms with Crippen molar-refractivity contribution in [1.82, 2.24) is 14.3 Å². The van der Waals surface area contributed by atoms with Crippen LogP contribution in [0.25, 0.3) is 4.96 Å². The summed E-state index contributed by atoms with van der Waals surface area (Å²) in [6.07, 6.45) is 4.07. The Morgan fingerprint density at radius 1 is 1.56 bits per heavy atom. The largest absolute Gasteiger partial charge is 0.395 e. The quantitative estimate of drug-likeness (QED) is 0.861. The number of aliphatic hydroxyl groups excluding tert-OH is 1. The van der Waals surface area contributed by atoms with Gasteiger partial charge in [-0.3, -0.25) is 9.30 Å². The molecule has 0 atom stereocenters. The smallest absolute Gasteiger partial charge is 0.193 e. The van der Waals surface area contributed by atoms with E-state index in [2.05, 4.69) is 29.9 Å². The van der Waals surface area contributed by atoms with Gasteiger partial charge in [-0.25, -0.2) is 4.98 Å². The first-order valence-corrected chi connectivity index (χ1v) is 6.34. The van der Waals surface area contributed by atoms with E-state index in [0.717, 1.165) is 17.2 Å². The zero-order chi connectivity index (χ0) is 11.5. The molecule has 4 nitrogen and oxygen atoms in total. The minimum atomic E-state index is 0.195. The molecule has 0 saturated carbocycles. The number of hydrogen-bond acceptors (Lipinski definition) is 4. The van der Waals surface area contributed by atoms with E-state index >= 15 is 0 Å². The van der Waals surface area contributed by atoms with E-state index in [1.54, 1.807) is 11.3 Å². The van der Waals surface area contributed by atoms with Crippen molar-refractivity contribution in [3.05, 3.63) is 23.5 Å². The van der Waals surface area contributed by atoms with Crippen LogP contribution in [0.1, 0.15) is 19.5 Å². The number of nitrogens with zero attached hydrogens (tertiary/aromatic N) is 3. The second-order valence-corrected chi connectivity index (χ2v) is 4.99. The molecule has 5 heteroatoms. The van der Waals surface area contributed by atoms with E-state index in [0.29, 0.717) is 12.6 Å². The van der Waals surface area contributed by atoms with Gasteiger partial charge in [0.05, 0.1) is 12.3 Å². The molecule has 0 spiro atoms. The van der Waals surface area contributed by atoms with Crippen molar-refractivity contribution in [1.29, 1.82) is 0 Å². The Bertz CT molecular complexity index is 420. The fourth-order valence-electron chi connectivity index (χ4n) is 1.71. The monoisotopic (exact) mass is 239 g/mol. The number of thiazole rings is 1. The van der Waals surface area contributed by atoms with Crippen molar-refractivity contribution in [2.45, 2.75) is 26.4 Å². The maximum atomic E-state index is 9.00. The molecule has 0 fully saturated rings. The highest BCUT2D eigenvalue weighted by Gasteiger charge is 2.11. The normalized spacial score (nSPS) is 12.1. The Morgan fingerprint density at radius 3 is 3.00 bits per heavy atom. The van der Waals surface area contributed by atoms with Crippen LogP contribution in [0.4, 0.5) is 0 Å². The van der Waals surface area contributed by atoms with Crippen molar-refractivity contribution in [3.8, 4) is 0 Å². The Hall–Kier alpha value is -0.910. The molecule has 2 heterocycles. The lowest BCUT2D eigenvalue weighted by Gasteiger charge is -2.24. The van der Waals surface area contributed by atoms with Gasteiger partial charge in [0.1, 0.15) is 0 Å². The minimum Gasteiger partial charge on any atom is -0.395 e. The maximum Gasteiger partial charge on any atom is 0.193 e. The summed E-state index contributed by atoms with van der Waals surface area (Å²) in [6.45, 7) is 5.96. The molecule has 1 N–H and O–H groups in total. The molecule has 0 amide bonds. The van der Waals surface area contributed by atoms with E-state index in [-0.39, 0.29) is 6.61 Å². The van der Waals surface area contributed by atoms with Gasteiger partial charge >= 0.3 is 0 Å². The highest BCUT2D eigenvalue weighted by Crippen LogP contribution is 2.13. The molecule has 0 aliphatic heterocycles. The van der Waals surface area contributed by atoms with Gasteiger partial charge in [-0.05, 0) is 13.8 Å². The van der Waals surface area contributed by atoms with Gasteiger partial charge in [0.15, 0.2) is 4.96 Å². The molecular formula is C11H17N3OS. The average molecular weight is 239 g/mol. The van der Waals surface area contributed by atoms with Crippen LogP contribution in [-0.2, 0) is 6.54 Å². The third-order valence-electron chi connectivity index (χ3n) is 2.63. The Morgan fingerprint density at radius 2 is 2.38 bits per heavy atom. The molecule has 0 unspecified atom stereocenters. The van der Waals surface area contributed by atoms with Gasteiger partial charge in [-0.15, -0.1) is 11.3 Å². The minimum absolute atomic E-state index is 0.195. The average Bonchev–Trinajstić information content (AvgIpc) is 2.76. The molecule has 16 heavy (non-hydrogen) atoms. The lowest BCUT2D eigenvalue weighted by molar-refractivity contribution is 0.158. The van der Waals surface area contributed by atoms with Gasteiger partial charge in [-0.1, -0.05) is 0 Å². The van der Waals surface area contributed by atoms with Crippen LogP contribution in [0.5, 0.6) is 0 Å². The zero-order valence-corrected chi connectivity index (χ0v) is 10.4. The van der Waals surface area contributed by atoms with Crippen molar-refractivity contribution in [2.24, 2.45) is 0 Å². The van der Waals surface area contributed by atoms with Gasteiger partial charge < -0.3 is 5.11 Å². The Labute approximate surface area is 99.2 Å². The predicted octanol–water partition coefficient (Wildman–Crippen LogP) is 1.60. The fraction of sp³-hybridized carbons (Fsp3) is 0.545. The first-order valence-electron chi connectivity index (χ1n) is 5.46. The molecule has 0 saturated heterocycles. The second-order valence-electron chi connectivity index (χ2n) is 4.11. The number of rotatable bonds is 5. The van der Waals surface area contributed by atoms with Gasteiger partial charge in [0.25, 0.3) is 0 Å². The van der Waals surface area contributed by atoms with E-state index in [9.17, 15) is 0 Å². The lowest BCUT2D eigenvalue weighted by Crippen LogP contribution is -2.33. The third-order valence-corrected chi connectivity index (χ3v) is 3.40. The topological polar surface area (TPSA) is 40.8 Å². The molecule has 0 aliphatic carbocycles. The summed E-state index contributed by atoms with van der Waals surface area (Å²) in [7, 11) is 0. The maximum absolute atomic E-state index is 9.00. The van der Waals surface area contributed by atoms with E-state index in [4.69, 9.17) is 5.11 Å². The van der Waals surface area contributed by atoms with Crippen LogP contribution < -0.4 is 0 Å². The molecule has 0 bridgehead atoms. The van der Waals surface area contributed by atoms with E-state index < -0.39 is 0 Å². The summed E-state index contributed by atoms with van der Waals surface area (Å²) < 4.78 is 2.04.